The summed E-state index contributed by atoms with van der Waals surface area (Å²) in [6, 6.07) is 13.1. The molecule has 0 unspecified atom stereocenters. The first-order chi connectivity index (χ1) is 12.9. The van der Waals surface area contributed by atoms with Crippen molar-refractivity contribution < 1.29 is 0 Å². The van der Waals surface area contributed by atoms with Crippen LogP contribution in [0.1, 0.15) is 43.0 Å². The number of fused-ring (bicyclic) bond motifs is 2. The summed E-state index contributed by atoms with van der Waals surface area (Å²) in [7, 11) is 0. The lowest BCUT2D eigenvalue weighted by molar-refractivity contribution is 0.261. The fourth-order valence-corrected chi connectivity index (χ4v) is 3.47. The molecule has 0 radical (unpaired) electrons. The highest BCUT2D eigenvalue weighted by molar-refractivity contribution is 5.82. The number of rotatable bonds is 2. The molecule has 1 aliphatic heterocycles. The van der Waals surface area contributed by atoms with Gasteiger partial charge in [-0.2, -0.15) is 5.26 Å². The zero-order valence-corrected chi connectivity index (χ0v) is 15.4. The zero-order chi connectivity index (χ0) is 19.0. The Balaban J connectivity index is 1.73. The fourth-order valence-electron chi connectivity index (χ4n) is 3.47. The lowest BCUT2D eigenvalue weighted by atomic mass is 9.83. The maximum absolute atomic E-state index is 12.8. The average molecular weight is 356 g/mol. The zero-order valence-electron chi connectivity index (χ0n) is 15.4. The minimum Gasteiger partial charge on any atom is -0.296 e. The molecule has 1 aliphatic rings. The van der Waals surface area contributed by atoms with Crippen LogP contribution in [0.3, 0.4) is 0 Å². The molecule has 5 nitrogen and oxygen atoms in total. The Bertz CT molecular complexity index is 1170. The van der Waals surface area contributed by atoms with Crippen LogP contribution >= 0.6 is 0 Å². The molecule has 1 aromatic carbocycles. The van der Waals surface area contributed by atoms with Crippen LogP contribution in [-0.2, 0) is 13.0 Å². The first-order valence-electron chi connectivity index (χ1n) is 9.04. The molecule has 2 aromatic heterocycles. The van der Waals surface area contributed by atoms with E-state index in [1.165, 1.54) is 0 Å². The van der Waals surface area contributed by atoms with Crippen molar-refractivity contribution in [2.45, 2.75) is 33.2 Å². The molecule has 27 heavy (non-hydrogen) atoms. The van der Waals surface area contributed by atoms with Crippen molar-refractivity contribution in [3.63, 3.8) is 0 Å². The number of benzene rings is 1. The molecular weight excluding hydrogens is 336 g/mol. The number of aromatic nitrogens is 3. The smallest absolute Gasteiger partial charge is 0.261 e. The molecule has 0 fully saturated rings. The maximum Gasteiger partial charge on any atom is 0.261 e. The highest BCUT2D eigenvalue weighted by atomic mass is 16.1. The number of nitriles is 1. The van der Waals surface area contributed by atoms with Crippen molar-refractivity contribution in [3.05, 3.63) is 69.5 Å². The molecule has 0 atom stereocenters. The second-order valence-electron chi connectivity index (χ2n) is 7.75. The molecule has 4 rings (SSSR count). The topological polar surface area (TPSA) is 71.6 Å². The summed E-state index contributed by atoms with van der Waals surface area (Å²) in [4.78, 5) is 21.8. The lowest BCUT2D eigenvalue weighted by Crippen LogP contribution is -2.35. The van der Waals surface area contributed by atoms with Crippen molar-refractivity contribution in [3.8, 4) is 6.07 Å². The predicted octanol–water partition coefficient (Wildman–Crippen LogP) is 3.81. The van der Waals surface area contributed by atoms with Crippen LogP contribution in [0, 0.1) is 16.7 Å². The largest absolute Gasteiger partial charge is 0.296 e. The van der Waals surface area contributed by atoms with Crippen molar-refractivity contribution in [1.82, 2.24) is 14.5 Å². The predicted molar refractivity (Wildman–Crippen MR) is 106 cm³/mol. The van der Waals surface area contributed by atoms with Gasteiger partial charge in [0.25, 0.3) is 5.56 Å². The van der Waals surface area contributed by atoms with E-state index in [1.54, 1.807) is 6.07 Å². The van der Waals surface area contributed by atoms with Crippen LogP contribution in [0.15, 0.2) is 41.2 Å². The van der Waals surface area contributed by atoms with Gasteiger partial charge in [0.1, 0.15) is 17.6 Å². The van der Waals surface area contributed by atoms with E-state index >= 15 is 0 Å². The van der Waals surface area contributed by atoms with E-state index in [-0.39, 0.29) is 11.0 Å². The van der Waals surface area contributed by atoms with Crippen LogP contribution in [0.2, 0.25) is 0 Å². The van der Waals surface area contributed by atoms with Gasteiger partial charge in [-0.3, -0.25) is 9.36 Å². The monoisotopic (exact) mass is 356 g/mol. The van der Waals surface area contributed by atoms with Crippen molar-refractivity contribution in [1.29, 1.82) is 5.26 Å². The molecular formula is C22H20N4O. The third kappa shape index (κ3) is 3.39. The average Bonchev–Trinajstić information content (AvgIpc) is 2.65. The number of hydrogen-bond donors (Lipinski definition) is 0. The standard InChI is InChI=1S/C22H20N4O/c1-22(2)10-11-26-20(13-22)25-19-12-15(7-9-18(19)21(26)27)6-8-16-4-3-5-17(14-23)24-16/h3-9,12H,10-11,13H2,1-2H3. The molecule has 0 N–H and O–H groups in total. The van der Waals surface area contributed by atoms with E-state index in [0.717, 1.165) is 42.0 Å². The van der Waals surface area contributed by atoms with Crippen molar-refractivity contribution >= 4 is 23.1 Å². The van der Waals surface area contributed by atoms with Gasteiger partial charge in [0.2, 0.25) is 0 Å². The van der Waals surface area contributed by atoms with Gasteiger partial charge in [-0.1, -0.05) is 32.1 Å². The van der Waals surface area contributed by atoms with Gasteiger partial charge >= 0.3 is 0 Å². The molecule has 0 spiro atoms. The van der Waals surface area contributed by atoms with Crippen LogP contribution in [0.5, 0.6) is 0 Å². The third-order valence-corrected chi connectivity index (χ3v) is 5.04. The molecule has 3 aromatic rings. The Hall–Kier alpha value is -3.26. The minimum atomic E-state index is 0.0458. The SMILES string of the molecule is CC1(C)CCn2c(nc3cc(C=Cc4cccc(C#N)n4)ccc3c2=O)C1. The minimum absolute atomic E-state index is 0.0458. The van der Waals surface area contributed by atoms with Crippen LogP contribution in [-0.4, -0.2) is 14.5 Å². The number of pyridine rings is 1. The highest BCUT2D eigenvalue weighted by Gasteiger charge is 2.27. The van der Waals surface area contributed by atoms with E-state index in [1.807, 2.05) is 53.1 Å². The normalized spacial score (nSPS) is 15.6. The van der Waals surface area contributed by atoms with E-state index < -0.39 is 0 Å². The lowest BCUT2D eigenvalue weighted by Gasteiger charge is -2.31. The molecule has 0 saturated heterocycles. The van der Waals surface area contributed by atoms with E-state index in [9.17, 15) is 4.79 Å². The number of nitrogens with zero attached hydrogens (tertiary/aromatic N) is 4. The number of hydrogen-bond acceptors (Lipinski definition) is 4. The molecule has 3 heterocycles. The van der Waals surface area contributed by atoms with E-state index in [4.69, 9.17) is 10.2 Å². The van der Waals surface area contributed by atoms with Gasteiger partial charge in [-0.15, -0.1) is 0 Å². The maximum atomic E-state index is 12.8. The molecule has 134 valence electrons. The first kappa shape index (κ1) is 17.2. The van der Waals surface area contributed by atoms with Crippen molar-refractivity contribution in [2.24, 2.45) is 5.41 Å². The fraction of sp³-hybridized carbons (Fsp3) is 0.273. The second kappa shape index (κ2) is 6.48. The summed E-state index contributed by atoms with van der Waals surface area (Å²) >= 11 is 0. The van der Waals surface area contributed by atoms with Crippen LogP contribution < -0.4 is 5.56 Å². The van der Waals surface area contributed by atoms with E-state index in [2.05, 4.69) is 18.8 Å². The Morgan fingerprint density at radius 3 is 2.85 bits per heavy atom. The highest BCUT2D eigenvalue weighted by Crippen LogP contribution is 2.30. The Kier molecular flexibility index (Phi) is 4.12. The van der Waals surface area contributed by atoms with Gasteiger partial charge in [0.05, 0.1) is 16.6 Å². The second-order valence-corrected chi connectivity index (χ2v) is 7.75. The van der Waals surface area contributed by atoms with Gasteiger partial charge in [-0.25, -0.2) is 9.97 Å². The van der Waals surface area contributed by atoms with E-state index in [0.29, 0.717) is 11.1 Å². The Morgan fingerprint density at radius 1 is 1.19 bits per heavy atom. The molecule has 5 heteroatoms. The quantitative estimate of drug-likeness (QED) is 0.700. The summed E-state index contributed by atoms with van der Waals surface area (Å²) < 4.78 is 1.82. The van der Waals surface area contributed by atoms with Gasteiger partial charge in [0, 0.05) is 13.0 Å². The summed E-state index contributed by atoms with van der Waals surface area (Å²) in [5.41, 5.74) is 2.99. The van der Waals surface area contributed by atoms with Gasteiger partial charge in [0.15, 0.2) is 0 Å². The Labute approximate surface area is 157 Å². The first-order valence-corrected chi connectivity index (χ1v) is 9.04. The molecule has 0 bridgehead atoms. The van der Waals surface area contributed by atoms with Gasteiger partial charge < -0.3 is 0 Å². The summed E-state index contributed by atoms with van der Waals surface area (Å²) in [6.45, 7) is 5.16. The molecule has 0 aliphatic carbocycles. The van der Waals surface area contributed by atoms with Crippen LogP contribution in [0.4, 0.5) is 0 Å². The summed E-state index contributed by atoms with van der Waals surface area (Å²) in [5, 5.41) is 9.60. The van der Waals surface area contributed by atoms with Crippen molar-refractivity contribution in [2.75, 3.05) is 0 Å². The summed E-state index contributed by atoms with van der Waals surface area (Å²) in [6.07, 6.45) is 5.58. The molecule has 0 saturated carbocycles. The van der Waals surface area contributed by atoms with Crippen LogP contribution in [0.25, 0.3) is 23.1 Å². The Morgan fingerprint density at radius 2 is 2.04 bits per heavy atom. The molecule has 0 amide bonds. The third-order valence-electron chi connectivity index (χ3n) is 5.04. The summed E-state index contributed by atoms with van der Waals surface area (Å²) in [5.74, 6) is 0.869. The van der Waals surface area contributed by atoms with Gasteiger partial charge in [-0.05, 0) is 47.7 Å².